The minimum Gasteiger partial charge on any atom is -0.359 e. The Bertz CT molecular complexity index is 1290. The summed E-state index contributed by atoms with van der Waals surface area (Å²) in [5.74, 6) is -5.53. The van der Waals surface area contributed by atoms with Crippen LogP contribution >= 0.6 is 0 Å². The number of alkyl halides is 2. The van der Waals surface area contributed by atoms with Crippen LogP contribution < -0.4 is 15.1 Å². The molecule has 5 rings (SSSR count). The Labute approximate surface area is 198 Å². The number of fused-ring (bicyclic) bond motifs is 1. The molecule has 2 amide bonds. The fourth-order valence-electron chi connectivity index (χ4n) is 4.58. The standard InChI is InChI=1S/C25H20F4N4O2/c26-15-5-3-6-16(11-15)33(21(34)14-31-23-19(27)8-4-10-30-23)22-18-7-1-2-9-20(18)32(24(22)35)17-12-25(28,29)13-17/h1-11,17,22H,12-14H2,(H,30,31). The van der Waals surface area contributed by atoms with E-state index in [9.17, 15) is 27.2 Å². The van der Waals surface area contributed by atoms with E-state index in [-0.39, 0.29) is 11.5 Å². The summed E-state index contributed by atoms with van der Waals surface area (Å²) in [6.45, 7) is -0.447. The molecule has 10 heteroatoms. The van der Waals surface area contributed by atoms with Crippen LogP contribution in [0.5, 0.6) is 0 Å². The van der Waals surface area contributed by atoms with E-state index in [1.807, 2.05) is 0 Å². The van der Waals surface area contributed by atoms with E-state index in [4.69, 9.17) is 0 Å². The average Bonchev–Trinajstić information content (AvgIpc) is 3.09. The van der Waals surface area contributed by atoms with Crippen LogP contribution in [-0.4, -0.2) is 35.3 Å². The topological polar surface area (TPSA) is 65.5 Å². The van der Waals surface area contributed by atoms with Crippen molar-refractivity contribution in [1.29, 1.82) is 0 Å². The molecule has 1 saturated carbocycles. The van der Waals surface area contributed by atoms with Crippen LogP contribution in [0.15, 0.2) is 66.9 Å². The number of anilines is 3. The van der Waals surface area contributed by atoms with Gasteiger partial charge in [0.2, 0.25) is 5.91 Å². The average molecular weight is 484 g/mol. The second-order valence-electron chi connectivity index (χ2n) is 8.52. The number of hydrogen-bond acceptors (Lipinski definition) is 4. The zero-order valence-electron chi connectivity index (χ0n) is 18.3. The number of rotatable bonds is 6. The molecule has 1 atom stereocenters. The molecule has 1 unspecified atom stereocenters. The predicted molar refractivity (Wildman–Crippen MR) is 121 cm³/mol. The molecular formula is C25H20F4N4O2. The molecule has 1 aliphatic heterocycles. The molecule has 1 aromatic heterocycles. The summed E-state index contributed by atoms with van der Waals surface area (Å²) in [6.07, 6.45) is 0.395. The highest BCUT2D eigenvalue weighted by atomic mass is 19.3. The number of para-hydroxylation sites is 1. The van der Waals surface area contributed by atoms with Crippen molar-refractivity contribution in [3.05, 3.63) is 84.1 Å². The number of carbonyl (C=O) groups is 2. The quantitative estimate of drug-likeness (QED) is 0.516. The van der Waals surface area contributed by atoms with Crippen LogP contribution in [0.1, 0.15) is 24.4 Å². The Kier molecular flexibility index (Phi) is 5.66. The number of carbonyl (C=O) groups excluding carboxylic acids is 2. The van der Waals surface area contributed by atoms with Crippen LogP contribution in [0.2, 0.25) is 0 Å². The number of halogens is 4. The maximum atomic E-state index is 14.1. The molecule has 0 spiro atoms. The Morgan fingerprint density at radius 1 is 1.09 bits per heavy atom. The van der Waals surface area contributed by atoms with E-state index in [0.717, 1.165) is 11.0 Å². The van der Waals surface area contributed by atoms with Crippen molar-refractivity contribution in [1.82, 2.24) is 4.98 Å². The lowest BCUT2D eigenvalue weighted by molar-refractivity contribution is -0.127. The van der Waals surface area contributed by atoms with Crippen molar-refractivity contribution in [2.45, 2.75) is 30.8 Å². The number of nitrogens with one attached hydrogen (secondary N) is 1. The van der Waals surface area contributed by atoms with Gasteiger partial charge in [0.25, 0.3) is 11.8 Å². The molecule has 2 aromatic carbocycles. The first-order chi connectivity index (χ1) is 16.7. The van der Waals surface area contributed by atoms with Gasteiger partial charge in [0.15, 0.2) is 11.6 Å². The lowest BCUT2D eigenvalue weighted by Gasteiger charge is -2.41. The summed E-state index contributed by atoms with van der Waals surface area (Å²) in [5, 5.41) is 2.61. The van der Waals surface area contributed by atoms with Gasteiger partial charge in [-0.2, -0.15) is 0 Å². The fourth-order valence-corrected chi connectivity index (χ4v) is 4.58. The van der Waals surface area contributed by atoms with Crippen LogP contribution in [0.4, 0.5) is 34.8 Å². The van der Waals surface area contributed by atoms with Crippen LogP contribution in [0, 0.1) is 11.6 Å². The van der Waals surface area contributed by atoms with Crippen molar-refractivity contribution in [3.63, 3.8) is 0 Å². The monoisotopic (exact) mass is 484 g/mol. The normalized spacial score (nSPS) is 18.7. The smallest absolute Gasteiger partial charge is 0.255 e. The second kappa shape index (κ2) is 8.68. The highest BCUT2D eigenvalue weighted by Gasteiger charge is 2.54. The molecule has 1 fully saturated rings. The van der Waals surface area contributed by atoms with Gasteiger partial charge in [-0.25, -0.2) is 22.5 Å². The Balaban J connectivity index is 1.51. The minimum absolute atomic E-state index is 0.104. The summed E-state index contributed by atoms with van der Waals surface area (Å²) in [6, 6.07) is 12.5. The summed E-state index contributed by atoms with van der Waals surface area (Å²) < 4.78 is 55.4. The number of aromatic nitrogens is 1. The Hall–Kier alpha value is -3.95. The number of pyridine rings is 1. The lowest BCUT2D eigenvalue weighted by Crippen LogP contribution is -2.54. The van der Waals surface area contributed by atoms with Gasteiger partial charge >= 0.3 is 0 Å². The Morgan fingerprint density at radius 2 is 1.86 bits per heavy atom. The van der Waals surface area contributed by atoms with Crippen LogP contribution in [0.3, 0.4) is 0 Å². The highest BCUT2D eigenvalue weighted by molar-refractivity contribution is 6.12. The van der Waals surface area contributed by atoms with Crippen molar-refractivity contribution < 1.29 is 27.2 Å². The van der Waals surface area contributed by atoms with Gasteiger partial charge in [-0.1, -0.05) is 24.3 Å². The molecule has 1 N–H and O–H groups in total. The second-order valence-corrected chi connectivity index (χ2v) is 8.52. The molecule has 2 aliphatic rings. The summed E-state index contributed by atoms with van der Waals surface area (Å²) in [7, 11) is 0. The predicted octanol–water partition coefficient (Wildman–Crippen LogP) is 4.69. The first-order valence-corrected chi connectivity index (χ1v) is 11.0. The number of hydrogen-bond donors (Lipinski definition) is 1. The molecular weight excluding hydrogens is 464 g/mol. The van der Waals surface area contributed by atoms with Crippen molar-refractivity contribution in [2.75, 3.05) is 21.7 Å². The lowest BCUT2D eigenvalue weighted by atomic mass is 9.87. The molecule has 3 aromatic rings. The van der Waals surface area contributed by atoms with Gasteiger partial charge < -0.3 is 10.2 Å². The van der Waals surface area contributed by atoms with Gasteiger partial charge in [0.05, 0.1) is 6.54 Å². The van der Waals surface area contributed by atoms with Crippen molar-refractivity contribution in [3.8, 4) is 0 Å². The maximum absolute atomic E-state index is 14.1. The van der Waals surface area contributed by atoms with E-state index in [1.54, 1.807) is 24.3 Å². The molecule has 0 bridgehead atoms. The van der Waals surface area contributed by atoms with Gasteiger partial charge in [0, 0.05) is 42.0 Å². The number of nitrogens with zero attached hydrogens (tertiary/aromatic N) is 3. The fraction of sp³-hybridized carbons (Fsp3) is 0.240. The van der Waals surface area contributed by atoms with E-state index >= 15 is 0 Å². The van der Waals surface area contributed by atoms with E-state index in [2.05, 4.69) is 10.3 Å². The van der Waals surface area contributed by atoms with Crippen LogP contribution in [0.25, 0.3) is 0 Å². The molecule has 2 heterocycles. The first kappa shape index (κ1) is 22.8. The molecule has 0 radical (unpaired) electrons. The minimum atomic E-state index is -2.85. The number of benzene rings is 2. The van der Waals surface area contributed by atoms with Gasteiger partial charge in [-0.3, -0.25) is 14.5 Å². The molecule has 0 saturated heterocycles. The molecule has 35 heavy (non-hydrogen) atoms. The van der Waals surface area contributed by atoms with Gasteiger partial charge in [-0.15, -0.1) is 0 Å². The SMILES string of the molecule is O=C1C(N(C(=O)CNc2ncccc2F)c2cccc(F)c2)c2ccccc2N1C1CC(F)(F)C1. The largest absolute Gasteiger partial charge is 0.359 e. The summed E-state index contributed by atoms with van der Waals surface area (Å²) in [5.41, 5.74) is 0.975. The molecule has 6 nitrogen and oxygen atoms in total. The van der Waals surface area contributed by atoms with Crippen molar-refractivity contribution in [2.24, 2.45) is 0 Å². The van der Waals surface area contributed by atoms with Gasteiger partial charge in [0.1, 0.15) is 11.9 Å². The van der Waals surface area contributed by atoms with Gasteiger partial charge in [-0.05, 0) is 36.4 Å². The summed E-state index contributed by atoms with van der Waals surface area (Å²) >= 11 is 0. The zero-order valence-corrected chi connectivity index (χ0v) is 18.3. The zero-order chi connectivity index (χ0) is 24.7. The Morgan fingerprint density at radius 3 is 2.57 bits per heavy atom. The number of amides is 2. The third-order valence-corrected chi connectivity index (χ3v) is 6.17. The van der Waals surface area contributed by atoms with E-state index < -0.39 is 60.8 Å². The summed E-state index contributed by atoms with van der Waals surface area (Å²) in [4.78, 5) is 33.4. The molecule has 180 valence electrons. The van der Waals surface area contributed by atoms with E-state index in [0.29, 0.717) is 11.3 Å². The van der Waals surface area contributed by atoms with E-state index in [1.165, 1.54) is 41.4 Å². The third kappa shape index (κ3) is 4.20. The highest BCUT2D eigenvalue weighted by Crippen LogP contribution is 2.48. The van der Waals surface area contributed by atoms with Crippen molar-refractivity contribution >= 4 is 29.0 Å². The molecule has 1 aliphatic carbocycles. The third-order valence-electron chi connectivity index (χ3n) is 6.17. The maximum Gasteiger partial charge on any atom is 0.255 e. The van der Waals surface area contributed by atoms with Crippen LogP contribution in [-0.2, 0) is 9.59 Å². The first-order valence-electron chi connectivity index (χ1n) is 11.0.